The average molecular weight is 451 g/mol. The Bertz CT molecular complexity index is 1060. The lowest BCUT2D eigenvalue weighted by Crippen LogP contribution is -1.96. The summed E-state index contributed by atoms with van der Waals surface area (Å²) in [5.74, 6) is 0.702. The maximum absolute atomic E-state index is 6.30. The minimum absolute atomic E-state index is 0.469. The maximum Gasteiger partial charge on any atom is 0.143 e. The average Bonchev–Trinajstić information content (AvgIpc) is 3.05. The molecule has 25 heavy (non-hydrogen) atoms. The minimum atomic E-state index is 0.469. The van der Waals surface area contributed by atoms with Crippen LogP contribution in [-0.2, 0) is 0 Å². The summed E-state index contributed by atoms with van der Waals surface area (Å²) in [6.45, 7) is 0. The van der Waals surface area contributed by atoms with Crippen molar-refractivity contribution in [3.05, 3.63) is 68.7 Å². The van der Waals surface area contributed by atoms with Crippen LogP contribution in [0.25, 0.3) is 21.3 Å². The Morgan fingerprint density at radius 1 is 1.00 bits per heavy atom. The zero-order chi connectivity index (χ0) is 17.4. The molecule has 124 valence electrons. The molecule has 2 aromatic heterocycles. The Hall–Kier alpha value is -1.66. The third-order valence-corrected chi connectivity index (χ3v) is 5.96. The van der Waals surface area contributed by atoms with E-state index in [1.54, 1.807) is 23.7 Å². The van der Waals surface area contributed by atoms with Gasteiger partial charge < -0.3 is 5.32 Å². The van der Waals surface area contributed by atoms with Crippen molar-refractivity contribution in [1.29, 1.82) is 0 Å². The van der Waals surface area contributed by atoms with Crippen LogP contribution in [0.5, 0.6) is 0 Å². The third kappa shape index (κ3) is 3.25. The van der Waals surface area contributed by atoms with Gasteiger partial charge in [-0.25, -0.2) is 9.97 Å². The van der Waals surface area contributed by atoms with Gasteiger partial charge in [0.25, 0.3) is 0 Å². The summed E-state index contributed by atoms with van der Waals surface area (Å²) < 4.78 is 1.04. The number of fused-ring (bicyclic) bond motifs is 1. The fourth-order valence-corrected chi connectivity index (χ4v) is 4.07. The summed E-state index contributed by atoms with van der Waals surface area (Å²) >= 11 is 17.5. The fraction of sp³-hybridized carbons (Fsp3) is 0. The number of benzene rings is 2. The van der Waals surface area contributed by atoms with Crippen molar-refractivity contribution in [2.24, 2.45) is 0 Å². The molecule has 0 saturated heterocycles. The Morgan fingerprint density at radius 2 is 1.80 bits per heavy atom. The maximum atomic E-state index is 6.30. The first kappa shape index (κ1) is 16.8. The van der Waals surface area contributed by atoms with E-state index in [9.17, 15) is 0 Å². The lowest BCUT2D eigenvalue weighted by Gasteiger charge is -2.10. The summed E-state index contributed by atoms with van der Waals surface area (Å²) in [5.41, 5.74) is 2.89. The summed E-state index contributed by atoms with van der Waals surface area (Å²) in [6, 6.07) is 13.6. The largest absolute Gasteiger partial charge is 0.338 e. The highest BCUT2D eigenvalue weighted by atomic mass is 79.9. The van der Waals surface area contributed by atoms with Crippen LogP contribution in [0.2, 0.25) is 10.0 Å². The van der Waals surface area contributed by atoms with E-state index in [1.165, 1.54) is 0 Å². The molecule has 3 nitrogen and oxygen atoms in total. The molecule has 0 atom stereocenters. The molecule has 0 fully saturated rings. The highest BCUT2D eigenvalue weighted by Gasteiger charge is 2.14. The first-order valence-corrected chi connectivity index (χ1v) is 9.75. The number of rotatable bonds is 3. The van der Waals surface area contributed by atoms with Crippen LogP contribution in [0.15, 0.2) is 58.6 Å². The van der Waals surface area contributed by atoms with E-state index < -0.39 is 0 Å². The Kier molecular flexibility index (Phi) is 4.65. The first-order chi connectivity index (χ1) is 12.1. The molecule has 0 unspecified atom stereocenters. The summed E-state index contributed by atoms with van der Waals surface area (Å²) in [7, 11) is 0. The van der Waals surface area contributed by atoms with Gasteiger partial charge in [0.1, 0.15) is 17.0 Å². The van der Waals surface area contributed by atoms with Crippen LogP contribution in [0.1, 0.15) is 0 Å². The topological polar surface area (TPSA) is 37.8 Å². The molecule has 0 saturated carbocycles. The number of hydrogen-bond acceptors (Lipinski definition) is 4. The van der Waals surface area contributed by atoms with Gasteiger partial charge in [0.05, 0.1) is 21.1 Å². The van der Waals surface area contributed by atoms with Gasteiger partial charge in [-0.15, -0.1) is 11.3 Å². The van der Waals surface area contributed by atoms with Gasteiger partial charge in [0, 0.05) is 15.4 Å². The number of nitrogens with zero attached hydrogens (tertiary/aromatic N) is 2. The molecule has 0 aliphatic rings. The van der Waals surface area contributed by atoms with Crippen molar-refractivity contribution in [3.8, 4) is 11.1 Å². The molecule has 4 aromatic rings. The molecule has 4 rings (SSSR count). The van der Waals surface area contributed by atoms with Crippen molar-refractivity contribution in [3.63, 3.8) is 0 Å². The van der Waals surface area contributed by atoms with E-state index in [2.05, 4.69) is 48.7 Å². The molecule has 2 heterocycles. The summed E-state index contributed by atoms with van der Waals surface area (Å²) in [6.07, 6.45) is 1.55. The highest BCUT2D eigenvalue weighted by Crippen LogP contribution is 2.39. The normalized spacial score (nSPS) is 11.0. The molecule has 0 radical (unpaired) electrons. The van der Waals surface area contributed by atoms with Crippen LogP contribution in [0.4, 0.5) is 11.5 Å². The lowest BCUT2D eigenvalue weighted by molar-refractivity contribution is 1.23. The van der Waals surface area contributed by atoms with Crippen LogP contribution < -0.4 is 5.32 Å². The Labute approximate surface area is 166 Å². The van der Waals surface area contributed by atoms with Gasteiger partial charge in [-0.1, -0.05) is 57.3 Å². The van der Waals surface area contributed by atoms with E-state index in [1.807, 2.05) is 24.3 Å². The van der Waals surface area contributed by atoms with Gasteiger partial charge in [0.2, 0.25) is 0 Å². The summed E-state index contributed by atoms with van der Waals surface area (Å²) in [4.78, 5) is 9.72. The smallest absolute Gasteiger partial charge is 0.143 e. The third-order valence-electron chi connectivity index (χ3n) is 3.73. The fourth-order valence-electron chi connectivity index (χ4n) is 2.54. The second-order valence-corrected chi connectivity index (χ2v) is 7.84. The zero-order valence-corrected chi connectivity index (χ0v) is 16.5. The SMILES string of the molecule is Clc1cccc(Nc2ncnc3scc(-c4ccc(Br)cc4)c23)c1Cl. The number of halogens is 3. The molecule has 0 amide bonds. The number of anilines is 2. The van der Waals surface area contributed by atoms with Crippen molar-refractivity contribution in [2.75, 3.05) is 5.32 Å². The predicted octanol–water partition coefficient (Wildman–Crippen LogP) is 7.17. The van der Waals surface area contributed by atoms with Gasteiger partial charge in [-0.2, -0.15) is 0 Å². The molecule has 1 N–H and O–H groups in total. The molecular weight excluding hydrogens is 441 g/mol. The molecule has 0 aliphatic heterocycles. The van der Waals surface area contributed by atoms with Crippen molar-refractivity contribution in [1.82, 2.24) is 9.97 Å². The van der Waals surface area contributed by atoms with Crippen LogP contribution >= 0.6 is 50.5 Å². The van der Waals surface area contributed by atoms with Crippen LogP contribution in [-0.4, -0.2) is 9.97 Å². The second kappa shape index (κ2) is 6.92. The summed E-state index contributed by atoms with van der Waals surface area (Å²) in [5, 5.41) is 7.31. The first-order valence-electron chi connectivity index (χ1n) is 7.32. The van der Waals surface area contributed by atoms with Crippen molar-refractivity contribution in [2.45, 2.75) is 0 Å². The Morgan fingerprint density at radius 3 is 2.60 bits per heavy atom. The van der Waals surface area contributed by atoms with Crippen molar-refractivity contribution >= 4 is 72.2 Å². The van der Waals surface area contributed by atoms with Gasteiger partial charge >= 0.3 is 0 Å². The molecule has 2 aromatic carbocycles. The van der Waals surface area contributed by atoms with Crippen LogP contribution in [0, 0.1) is 0 Å². The molecule has 7 heteroatoms. The minimum Gasteiger partial charge on any atom is -0.338 e. The van der Waals surface area contributed by atoms with Gasteiger partial charge in [0.15, 0.2) is 0 Å². The molecule has 0 bridgehead atoms. The van der Waals surface area contributed by atoms with Crippen LogP contribution in [0.3, 0.4) is 0 Å². The number of aromatic nitrogens is 2. The lowest BCUT2D eigenvalue weighted by atomic mass is 10.1. The highest BCUT2D eigenvalue weighted by molar-refractivity contribution is 9.10. The van der Waals surface area contributed by atoms with Gasteiger partial charge in [-0.3, -0.25) is 0 Å². The standard InChI is InChI=1S/C18H10BrCl2N3S/c19-11-6-4-10(5-7-11)12-8-25-18-15(12)17(22-9-23-18)24-14-3-1-2-13(20)16(14)21/h1-9H,(H,22,23,24). The predicted molar refractivity (Wildman–Crippen MR) is 110 cm³/mol. The number of hydrogen-bond donors (Lipinski definition) is 1. The van der Waals surface area contributed by atoms with E-state index in [0.29, 0.717) is 21.6 Å². The molecule has 0 spiro atoms. The Balaban J connectivity index is 1.86. The van der Waals surface area contributed by atoms with Gasteiger partial charge in [-0.05, 0) is 29.8 Å². The van der Waals surface area contributed by atoms with E-state index in [4.69, 9.17) is 23.2 Å². The monoisotopic (exact) mass is 449 g/mol. The quantitative estimate of drug-likeness (QED) is 0.359. The zero-order valence-electron chi connectivity index (χ0n) is 12.6. The van der Waals surface area contributed by atoms with E-state index in [-0.39, 0.29) is 0 Å². The molecule has 0 aliphatic carbocycles. The second-order valence-electron chi connectivity index (χ2n) is 5.29. The van der Waals surface area contributed by atoms with E-state index >= 15 is 0 Å². The van der Waals surface area contributed by atoms with Crippen molar-refractivity contribution < 1.29 is 0 Å². The van der Waals surface area contributed by atoms with E-state index in [0.717, 1.165) is 25.8 Å². The number of nitrogens with one attached hydrogen (secondary N) is 1. The number of thiophene rings is 1. The molecular formula is C18H10BrCl2N3S.